The van der Waals surface area contributed by atoms with Crippen LogP contribution in [0, 0.1) is 0 Å². The molecule has 0 atom stereocenters. The van der Waals surface area contributed by atoms with Crippen LogP contribution in [-0.4, -0.2) is 75.5 Å². The molecule has 4 aromatic rings. The van der Waals surface area contributed by atoms with Gasteiger partial charge in [-0.1, -0.05) is 275 Å². The average molecular weight is 901 g/mol. The molecule has 0 fully saturated rings. The summed E-state index contributed by atoms with van der Waals surface area (Å²) in [6.07, 6.45) is 34.6. The normalized spacial score (nSPS) is 10.1. The molecule has 62 heavy (non-hydrogen) atoms. The number of hydrogen-bond acceptors (Lipinski definition) is 4. The van der Waals surface area contributed by atoms with Crippen molar-refractivity contribution in [1.29, 1.82) is 0 Å². The van der Waals surface area contributed by atoms with Crippen molar-refractivity contribution in [3.63, 3.8) is 0 Å². The van der Waals surface area contributed by atoms with Gasteiger partial charge in [-0.15, -0.1) is 23.0 Å². The van der Waals surface area contributed by atoms with Gasteiger partial charge in [0.15, 0.2) is 0 Å². The molecule has 0 heterocycles. The van der Waals surface area contributed by atoms with Gasteiger partial charge >= 0.3 is 75.5 Å². The maximum atomic E-state index is 11.4. The van der Waals surface area contributed by atoms with Gasteiger partial charge in [-0.05, 0) is 51.4 Å². The third-order valence-corrected chi connectivity index (χ3v) is 11.1. The monoisotopic (exact) mass is 901 g/mol. The van der Waals surface area contributed by atoms with Crippen LogP contribution in [0.5, 0.6) is 23.0 Å². The standard InChI is InChI=1S/4C14H22O.2Ca/c4*1-2-3-4-5-6-7-10-13-11-8-9-12-14(13)15;;/h4*8-9,11-12,15H,2-7,10H2,1H3;;/q;;;;2*+2/p-4. The van der Waals surface area contributed by atoms with Crippen molar-refractivity contribution in [3.8, 4) is 23.0 Å². The fraction of sp³-hybridized carbons (Fsp3) is 0.571. The van der Waals surface area contributed by atoms with Crippen LogP contribution >= 0.6 is 0 Å². The van der Waals surface area contributed by atoms with Crippen LogP contribution in [0.25, 0.3) is 0 Å². The summed E-state index contributed by atoms with van der Waals surface area (Å²) in [5.74, 6) is 0.800. The third kappa shape index (κ3) is 34.9. The summed E-state index contributed by atoms with van der Waals surface area (Å²) in [4.78, 5) is 0. The second kappa shape index (κ2) is 46.1. The van der Waals surface area contributed by atoms with Gasteiger partial charge in [0.2, 0.25) is 0 Å². The van der Waals surface area contributed by atoms with Gasteiger partial charge in [0.05, 0.1) is 0 Å². The van der Waals surface area contributed by atoms with E-state index in [0.29, 0.717) is 0 Å². The maximum absolute atomic E-state index is 11.4. The van der Waals surface area contributed by atoms with Crippen LogP contribution in [0.2, 0.25) is 0 Å². The maximum Gasteiger partial charge on any atom is 2.00 e. The minimum absolute atomic E-state index is 0. The van der Waals surface area contributed by atoms with Crippen molar-refractivity contribution in [1.82, 2.24) is 0 Å². The Balaban J connectivity index is 0. The van der Waals surface area contributed by atoms with E-state index in [9.17, 15) is 20.4 Å². The fourth-order valence-corrected chi connectivity index (χ4v) is 7.22. The second-order valence-corrected chi connectivity index (χ2v) is 16.5. The van der Waals surface area contributed by atoms with Crippen molar-refractivity contribution in [2.75, 3.05) is 0 Å². The van der Waals surface area contributed by atoms with Crippen LogP contribution in [-0.2, 0) is 25.7 Å². The second-order valence-electron chi connectivity index (χ2n) is 16.5. The number of unbranched alkanes of at least 4 members (excludes halogenated alkanes) is 20. The number of rotatable bonds is 28. The molecule has 4 rings (SSSR count). The van der Waals surface area contributed by atoms with Crippen LogP contribution in [0.3, 0.4) is 0 Å². The molecule has 0 aliphatic carbocycles. The van der Waals surface area contributed by atoms with E-state index in [1.165, 1.54) is 128 Å². The van der Waals surface area contributed by atoms with Crippen molar-refractivity contribution in [3.05, 3.63) is 119 Å². The van der Waals surface area contributed by atoms with Gasteiger partial charge < -0.3 is 20.4 Å². The van der Waals surface area contributed by atoms with Crippen LogP contribution in [0.1, 0.15) is 204 Å². The SMILES string of the molecule is CCCCCCCCc1ccccc1[O-].CCCCCCCCc1ccccc1[O-].CCCCCCCCc1ccccc1[O-].CCCCCCCCc1ccccc1[O-].[Ca+2].[Ca+2]. The van der Waals surface area contributed by atoms with Crippen molar-refractivity contribution >= 4 is 75.5 Å². The first kappa shape index (κ1) is 62.7. The van der Waals surface area contributed by atoms with Crippen LogP contribution < -0.4 is 20.4 Å². The Kier molecular flexibility index (Phi) is 46.7. The fourth-order valence-electron chi connectivity index (χ4n) is 7.22. The Morgan fingerprint density at radius 2 is 0.403 bits per heavy atom. The number of aryl methyl sites for hydroxylation is 4. The van der Waals surface area contributed by atoms with Gasteiger partial charge in [-0.3, -0.25) is 0 Å². The molecule has 0 radical (unpaired) electrons. The Morgan fingerprint density at radius 3 is 0.581 bits per heavy atom. The summed E-state index contributed by atoms with van der Waals surface area (Å²) in [6, 6.07) is 29.5. The van der Waals surface area contributed by atoms with Gasteiger partial charge in [0.1, 0.15) is 0 Å². The third-order valence-electron chi connectivity index (χ3n) is 11.1. The van der Waals surface area contributed by atoms with E-state index in [-0.39, 0.29) is 98.5 Å². The first-order valence-corrected chi connectivity index (χ1v) is 24.4. The first-order chi connectivity index (χ1) is 29.4. The van der Waals surface area contributed by atoms with Crippen molar-refractivity contribution in [2.45, 2.75) is 207 Å². The molecule has 6 heteroatoms. The molecule has 0 spiro atoms. The van der Waals surface area contributed by atoms with E-state index < -0.39 is 0 Å². The number of benzene rings is 4. The smallest absolute Gasteiger partial charge is 0.872 e. The van der Waals surface area contributed by atoms with Gasteiger partial charge in [0, 0.05) is 0 Å². The molecule has 0 saturated heterocycles. The molecule has 336 valence electrons. The Morgan fingerprint density at radius 1 is 0.242 bits per heavy atom. The van der Waals surface area contributed by atoms with Crippen molar-refractivity contribution in [2.24, 2.45) is 0 Å². The van der Waals surface area contributed by atoms with E-state index in [1.54, 1.807) is 24.3 Å². The largest absolute Gasteiger partial charge is 2.00 e. The van der Waals surface area contributed by atoms with Gasteiger partial charge in [-0.2, -0.15) is 0 Å². The Bertz CT molecular complexity index is 1310. The molecule has 0 N–H and O–H groups in total. The number of hydrogen-bond donors (Lipinski definition) is 0. The molecule has 0 aromatic heterocycles. The summed E-state index contributed by atoms with van der Waals surface area (Å²) in [7, 11) is 0. The molecule has 0 amide bonds. The minimum Gasteiger partial charge on any atom is -0.872 e. The minimum atomic E-state index is 0. The zero-order valence-electron chi connectivity index (χ0n) is 40.1. The summed E-state index contributed by atoms with van der Waals surface area (Å²) >= 11 is 0. The summed E-state index contributed by atoms with van der Waals surface area (Å²) < 4.78 is 0. The van der Waals surface area contributed by atoms with Gasteiger partial charge in [0.25, 0.3) is 0 Å². The van der Waals surface area contributed by atoms with E-state index in [1.807, 2.05) is 72.8 Å². The predicted molar refractivity (Wildman–Crippen MR) is 263 cm³/mol. The Hall–Kier alpha value is -1.40. The van der Waals surface area contributed by atoms with E-state index in [2.05, 4.69) is 27.7 Å². The van der Waals surface area contributed by atoms with Crippen LogP contribution in [0.4, 0.5) is 0 Å². The quantitative estimate of drug-likeness (QED) is 0.0419. The molecule has 4 aromatic carbocycles. The molecule has 0 unspecified atom stereocenters. The first-order valence-electron chi connectivity index (χ1n) is 24.4. The Labute approximate surface area is 441 Å². The molecular formula is C56H84Ca2O4. The van der Waals surface area contributed by atoms with E-state index in [0.717, 1.165) is 73.6 Å². The molecular weight excluding hydrogens is 817 g/mol. The molecule has 4 nitrogen and oxygen atoms in total. The zero-order valence-corrected chi connectivity index (χ0v) is 44.5. The average Bonchev–Trinajstić information content (AvgIpc) is 3.26. The molecule has 0 bridgehead atoms. The molecule has 0 saturated carbocycles. The van der Waals surface area contributed by atoms with Crippen molar-refractivity contribution < 1.29 is 20.4 Å². The number of para-hydroxylation sites is 4. The van der Waals surface area contributed by atoms with E-state index in [4.69, 9.17) is 0 Å². The van der Waals surface area contributed by atoms with Crippen LogP contribution in [0.15, 0.2) is 97.1 Å². The zero-order chi connectivity index (χ0) is 43.7. The molecule has 0 aliphatic rings. The summed E-state index contributed by atoms with van der Waals surface area (Å²) in [5.41, 5.74) is 3.92. The van der Waals surface area contributed by atoms with Gasteiger partial charge in [-0.25, -0.2) is 0 Å². The summed E-state index contributed by atoms with van der Waals surface area (Å²) in [5, 5.41) is 45.5. The van der Waals surface area contributed by atoms with E-state index >= 15 is 0 Å². The topological polar surface area (TPSA) is 92.2 Å². The molecule has 0 aliphatic heterocycles. The predicted octanol–water partition coefficient (Wildman–Crippen LogP) is 13.9. The summed E-state index contributed by atoms with van der Waals surface area (Å²) in [6.45, 7) is 8.92.